The summed E-state index contributed by atoms with van der Waals surface area (Å²) < 4.78 is 19.0. The highest BCUT2D eigenvalue weighted by Crippen LogP contribution is 2.30. The minimum atomic E-state index is -0.342. The molecule has 0 aliphatic carbocycles. The molecule has 2 rings (SSSR count). The van der Waals surface area contributed by atoms with Gasteiger partial charge in [0.25, 0.3) is 0 Å². The van der Waals surface area contributed by atoms with Crippen LogP contribution in [0.2, 0.25) is 0 Å². The second kappa shape index (κ2) is 5.27. The third kappa shape index (κ3) is 2.56. The average molecular weight is 266 g/mol. The van der Waals surface area contributed by atoms with Gasteiger partial charge in [-0.1, -0.05) is 0 Å². The van der Waals surface area contributed by atoms with Crippen molar-refractivity contribution < 1.29 is 9.13 Å². The predicted molar refractivity (Wildman–Crippen MR) is 73.8 cm³/mol. The molecule has 0 aliphatic rings. The Morgan fingerprint density at radius 2 is 2.22 bits per heavy atom. The van der Waals surface area contributed by atoms with Crippen molar-refractivity contribution in [2.45, 2.75) is 6.54 Å². The van der Waals surface area contributed by atoms with E-state index in [1.807, 2.05) is 28.8 Å². The molecule has 18 heavy (non-hydrogen) atoms. The Labute approximate surface area is 110 Å². The van der Waals surface area contributed by atoms with Crippen LogP contribution in [0, 0.1) is 5.82 Å². The third-order valence-electron chi connectivity index (χ3n) is 2.71. The standard InChI is InChI=1S/C13H15FN2OS/c1-16(7-9-3-4-18-8-9)12-6-13(17-2)11(15)5-10(12)14/h3-6,8H,7,15H2,1-2H3. The monoisotopic (exact) mass is 266 g/mol. The van der Waals surface area contributed by atoms with Gasteiger partial charge in [-0.05, 0) is 22.4 Å². The molecule has 0 saturated heterocycles. The summed E-state index contributed by atoms with van der Waals surface area (Å²) in [6.07, 6.45) is 0. The zero-order chi connectivity index (χ0) is 13.1. The number of nitrogens with zero attached hydrogens (tertiary/aromatic N) is 1. The summed E-state index contributed by atoms with van der Waals surface area (Å²) in [6.45, 7) is 0.646. The summed E-state index contributed by atoms with van der Waals surface area (Å²) in [5, 5.41) is 4.05. The Morgan fingerprint density at radius 1 is 1.44 bits per heavy atom. The Bertz CT molecular complexity index is 528. The first-order valence-electron chi connectivity index (χ1n) is 5.47. The van der Waals surface area contributed by atoms with Crippen molar-refractivity contribution in [3.8, 4) is 5.75 Å². The number of hydrogen-bond acceptors (Lipinski definition) is 4. The van der Waals surface area contributed by atoms with Crippen molar-refractivity contribution >= 4 is 22.7 Å². The topological polar surface area (TPSA) is 38.5 Å². The Morgan fingerprint density at radius 3 is 2.83 bits per heavy atom. The van der Waals surface area contributed by atoms with Crippen LogP contribution in [0.3, 0.4) is 0 Å². The number of ether oxygens (including phenoxy) is 1. The fourth-order valence-corrected chi connectivity index (χ4v) is 2.43. The van der Waals surface area contributed by atoms with Crippen molar-refractivity contribution in [1.82, 2.24) is 0 Å². The van der Waals surface area contributed by atoms with Crippen LogP contribution in [0.25, 0.3) is 0 Å². The maximum atomic E-state index is 13.9. The van der Waals surface area contributed by atoms with E-state index in [1.165, 1.54) is 13.2 Å². The van der Waals surface area contributed by atoms with E-state index in [1.54, 1.807) is 17.4 Å². The van der Waals surface area contributed by atoms with Crippen LogP contribution >= 0.6 is 11.3 Å². The molecule has 0 aliphatic heterocycles. The number of methoxy groups -OCH3 is 1. The van der Waals surface area contributed by atoms with Crippen LogP contribution < -0.4 is 15.4 Å². The van der Waals surface area contributed by atoms with Crippen LogP contribution in [0.1, 0.15) is 5.56 Å². The normalized spacial score (nSPS) is 10.4. The predicted octanol–water partition coefficient (Wildman–Crippen LogP) is 3.11. The van der Waals surface area contributed by atoms with E-state index < -0.39 is 0 Å². The lowest BCUT2D eigenvalue weighted by molar-refractivity contribution is 0.416. The minimum Gasteiger partial charge on any atom is -0.495 e. The zero-order valence-electron chi connectivity index (χ0n) is 10.3. The molecule has 5 heteroatoms. The molecular formula is C13H15FN2OS. The van der Waals surface area contributed by atoms with Crippen LogP contribution in [0.15, 0.2) is 29.0 Å². The quantitative estimate of drug-likeness (QED) is 0.864. The molecule has 1 heterocycles. The summed E-state index contributed by atoms with van der Waals surface area (Å²) in [7, 11) is 3.36. The minimum absolute atomic E-state index is 0.308. The number of thiophene rings is 1. The molecule has 0 bridgehead atoms. The molecular weight excluding hydrogens is 251 g/mol. The summed E-state index contributed by atoms with van der Waals surface area (Å²) in [4.78, 5) is 1.83. The summed E-state index contributed by atoms with van der Waals surface area (Å²) in [5.41, 5.74) is 7.59. The van der Waals surface area contributed by atoms with Crippen molar-refractivity contribution in [2.24, 2.45) is 0 Å². The summed E-state index contributed by atoms with van der Waals surface area (Å²) in [5.74, 6) is 0.148. The molecule has 0 fully saturated rings. The van der Waals surface area contributed by atoms with Gasteiger partial charge in [-0.15, -0.1) is 0 Å². The number of hydrogen-bond donors (Lipinski definition) is 1. The Kier molecular flexibility index (Phi) is 3.72. The van der Waals surface area contributed by atoms with Crippen LogP contribution in [0.5, 0.6) is 5.75 Å². The fraction of sp³-hybridized carbons (Fsp3) is 0.231. The lowest BCUT2D eigenvalue weighted by Crippen LogP contribution is -2.17. The molecule has 1 aromatic heterocycles. The van der Waals surface area contributed by atoms with Crippen molar-refractivity contribution in [3.05, 3.63) is 40.3 Å². The molecule has 0 saturated carbocycles. The molecule has 0 atom stereocenters. The van der Waals surface area contributed by atoms with Gasteiger partial charge in [0, 0.05) is 25.7 Å². The molecule has 2 aromatic rings. The van der Waals surface area contributed by atoms with Gasteiger partial charge < -0.3 is 15.4 Å². The molecule has 0 amide bonds. The van der Waals surface area contributed by atoms with Crippen molar-refractivity contribution in [2.75, 3.05) is 24.8 Å². The number of benzene rings is 1. The van der Waals surface area contributed by atoms with E-state index in [9.17, 15) is 4.39 Å². The first-order valence-corrected chi connectivity index (χ1v) is 6.41. The van der Waals surface area contributed by atoms with E-state index in [0.717, 1.165) is 5.56 Å². The van der Waals surface area contributed by atoms with Gasteiger partial charge >= 0.3 is 0 Å². The van der Waals surface area contributed by atoms with E-state index >= 15 is 0 Å². The third-order valence-corrected chi connectivity index (χ3v) is 3.44. The van der Waals surface area contributed by atoms with Crippen LogP contribution in [-0.2, 0) is 6.54 Å². The van der Waals surface area contributed by atoms with E-state index in [2.05, 4.69) is 0 Å². The first-order chi connectivity index (χ1) is 8.61. The van der Waals surface area contributed by atoms with E-state index in [4.69, 9.17) is 10.5 Å². The van der Waals surface area contributed by atoms with Gasteiger partial charge in [0.05, 0.1) is 18.5 Å². The summed E-state index contributed by atoms with van der Waals surface area (Å²) >= 11 is 1.63. The number of nitrogens with two attached hydrogens (primary N) is 1. The highest BCUT2D eigenvalue weighted by atomic mass is 32.1. The van der Waals surface area contributed by atoms with Gasteiger partial charge in [-0.25, -0.2) is 4.39 Å². The maximum Gasteiger partial charge on any atom is 0.148 e. The molecule has 2 N–H and O–H groups in total. The van der Waals surface area contributed by atoms with E-state index in [0.29, 0.717) is 23.7 Å². The van der Waals surface area contributed by atoms with Gasteiger partial charge in [0.2, 0.25) is 0 Å². The molecule has 0 radical (unpaired) electrons. The second-order valence-electron chi connectivity index (χ2n) is 4.03. The molecule has 0 unspecified atom stereocenters. The SMILES string of the molecule is COc1cc(N(C)Cc2ccsc2)c(F)cc1N. The number of nitrogen functional groups attached to an aromatic ring is 1. The highest BCUT2D eigenvalue weighted by Gasteiger charge is 2.12. The van der Waals surface area contributed by atoms with Gasteiger partial charge in [0.15, 0.2) is 0 Å². The average Bonchev–Trinajstić information content (AvgIpc) is 2.81. The zero-order valence-corrected chi connectivity index (χ0v) is 11.1. The first kappa shape index (κ1) is 12.7. The van der Waals surface area contributed by atoms with Crippen molar-refractivity contribution in [1.29, 1.82) is 0 Å². The fourth-order valence-electron chi connectivity index (χ4n) is 1.77. The van der Waals surface area contributed by atoms with Crippen LogP contribution in [0.4, 0.5) is 15.8 Å². The Balaban J connectivity index is 2.26. The maximum absolute atomic E-state index is 13.9. The number of halogens is 1. The van der Waals surface area contributed by atoms with Crippen LogP contribution in [-0.4, -0.2) is 14.2 Å². The largest absolute Gasteiger partial charge is 0.495 e. The molecule has 3 nitrogen and oxygen atoms in total. The Hall–Kier alpha value is -1.75. The lowest BCUT2D eigenvalue weighted by Gasteiger charge is -2.20. The van der Waals surface area contributed by atoms with Crippen molar-refractivity contribution in [3.63, 3.8) is 0 Å². The van der Waals surface area contributed by atoms with E-state index in [-0.39, 0.29) is 5.82 Å². The van der Waals surface area contributed by atoms with Gasteiger partial charge in [-0.2, -0.15) is 11.3 Å². The highest BCUT2D eigenvalue weighted by molar-refractivity contribution is 7.07. The summed E-state index contributed by atoms with van der Waals surface area (Å²) in [6, 6.07) is 4.93. The molecule has 1 aromatic carbocycles. The number of anilines is 2. The smallest absolute Gasteiger partial charge is 0.148 e. The second-order valence-corrected chi connectivity index (χ2v) is 4.81. The molecule has 96 valence electrons. The molecule has 0 spiro atoms. The number of rotatable bonds is 4. The van der Waals surface area contributed by atoms with Gasteiger partial charge in [-0.3, -0.25) is 0 Å². The lowest BCUT2D eigenvalue weighted by atomic mass is 10.2. The van der Waals surface area contributed by atoms with Gasteiger partial charge in [0.1, 0.15) is 11.6 Å².